The number of rotatable bonds is 5. The van der Waals surface area contributed by atoms with Gasteiger partial charge in [-0.05, 0) is 37.3 Å². The number of anilines is 2. The van der Waals surface area contributed by atoms with Gasteiger partial charge >= 0.3 is 0 Å². The Morgan fingerprint density at radius 1 is 1.12 bits per heavy atom. The molecule has 1 amide bonds. The Kier molecular flexibility index (Phi) is 5.73. The first-order chi connectivity index (χ1) is 12.6. The normalized spacial score (nSPS) is 16.2. The van der Waals surface area contributed by atoms with E-state index < -0.39 is 0 Å². The number of piperazine rings is 1. The highest BCUT2D eigenvalue weighted by Gasteiger charge is 2.26. The number of ether oxygens (including phenoxy) is 1. The zero-order chi connectivity index (χ0) is 18.5. The topological polar surface area (TPSA) is 44.8 Å². The zero-order valence-electron chi connectivity index (χ0n) is 15.1. The van der Waals surface area contributed by atoms with Gasteiger partial charge < -0.3 is 15.0 Å². The third kappa shape index (κ3) is 4.14. The molecule has 0 bridgehead atoms. The molecule has 6 heteroatoms. The molecule has 1 aliphatic heterocycles. The number of nitrogens with zero attached hydrogens (tertiary/aromatic N) is 2. The van der Waals surface area contributed by atoms with Gasteiger partial charge in [-0.1, -0.05) is 18.2 Å². The summed E-state index contributed by atoms with van der Waals surface area (Å²) in [6, 6.07) is 13.6. The second kappa shape index (κ2) is 8.19. The van der Waals surface area contributed by atoms with Crippen LogP contribution in [0.25, 0.3) is 0 Å². The molecule has 1 fully saturated rings. The fourth-order valence-corrected chi connectivity index (χ4v) is 3.22. The fourth-order valence-electron chi connectivity index (χ4n) is 3.22. The summed E-state index contributed by atoms with van der Waals surface area (Å²) in [5, 5.41) is 2.79. The highest BCUT2D eigenvalue weighted by atomic mass is 19.1. The molecule has 0 radical (unpaired) electrons. The number of nitrogens with one attached hydrogen (secondary N) is 1. The molecule has 1 saturated heterocycles. The van der Waals surface area contributed by atoms with Gasteiger partial charge in [0.1, 0.15) is 11.6 Å². The molecule has 0 aromatic heterocycles. The Labute approximate surface area is 153 Å². The second-order valence-corrected chi connectivity index (χ2v) is 6.37. The fraction of sp³-hybridized carbons (Fsp3) is 0.350. The summed E-state index contributed by atoms with van der Waals surface area (Å²) in [4.78, 5) is 16.9. The lowest BCUT2D eigenvalue weighted by molar-refractivity contribution is -0.120. The molecule has 0 saturated carbocycles. The smallest absolute Gasteiger partial charge is 0.241 e. The Balaban J connectivity index is 1.58. The van der Waals surface area contributed by atoms with Gasteiger partial charge in [-0.25, -0.2) is 4.39 Å². The minimum Gasteiger partial charge on any atom is -0.495 e. The first-order valence-corrected chi connectivity index (χ1v) is 8.77. The maximum atomic E-state index is 13.3. The number of para-hydroxylation sites is 2. The largest absolute Gasteiger partial charge is 0.495 e. The van der Waals surface area contributed by atoms with Crippen LogP contribution >= 0.6 is 0 Å². The zero-order valence-corrected chi connectivity index (χ0v) is 15.1. The molecule has 0 spiro atoms. The van der Waals surface area contributed by atoms with Crippen molar-refractivity contribution in [1.82, 2.24) is 4.90 Å². The van der Waals surface area contributed by atoms with Gasteiger partial charge in [0, 0.05) is 31.9 Å². The van der Waals surface area contributed by atoms with Crippen LogP contribution in [-0.2, 0) is 4.79 Å². The van der Waals surface area contributed by atoms with E-state index in [4.69, 9.17) is 4.74 Å². The summed E-state index contributed by atoms with van der Waals surface area (Å²) >= 11 is 0. The minimum absolute atomic E-state index is 0.124. The molecule has 1 aliphatic rings. The maximum Gasteiger partial charge on any atom is 0.241 e. The van der Waals surface area contributed by atoms with E-state index in [0.717, 1.165) is 37.6 Å². The molecule has 1 heterocycles. The van der Waals surface area contributed by atoms with Crippen LogP contribution in [0.15, 0.2) is 48.5 Å². The lowest BCUT2D eigenvalue weighted by Crippen LogP contribution is -2.52. The Hall–Kier alpha value is -2.60. The SMILES string of the molecule is COc1ccccc1N1CCN([C@@H](C)C(=O)Nc2cccc(F)c2)CC1. The van der Waals surface area contributed by atoms with Crippen LogP contribution in [0.4, 0.5) is 15.8 Å². The molecular formula is C20H24FN3O2. The second-order valence-electron chi connectivity index (χ2n) is 6.37. The van der Waals surface area contributed by atoms with E-state index in [2.05, 4.69) is 21.2 Å². The van der Waals surface area contributed by atoms with Crippen molar-refractivity contribution in [2.24, 2.45) is 0 Å². The van der Waals surface area contributed by atoms with Crippen molar-refractivity contribution in [2.45, 2.75) is 13.0 Å². The van der Waals surface area contributed by atoms with Crippen molar-refractivity contribution >= 4 is 17.3 Å². The number of amides is 1. The summed E-state index contributed by atoms with van der Waals surface area (Å²) in [6.07, 6.45) is 0. The first kappa shape index (κ1) is 18.2. The van der Waals surface area contributed by atoms with Crippen LogP contribution in [-0.4, -0.2) is 50.1 Å². The lowest BCUT2D eigenvalue weighted by atomic mass is 10.2. The molecule has 1 N–H and O–H groups in total. The average molecular weight is 357 g/mol. The van der Waals surface area contributed by atoms with Gasteiger partial charge in [-0.15, -0.1) is 0 Å². The molecular weight excluding hydrogens is 333 g/mol. The summed E-state index contributed by atoms with van der Waals surface area (Å²) < 4.78 is 18.7. The van der Waals surface area contributed by atoms with E-state index in [1.165, 1.54) is 12.1 Å². The predicted molar refractivity (Wildman–Crippen MR) is 101 cm³/mol. The van der Waals surface area contributed by atoms with E-state index in [1.807, 2.05) is 25.1 Å². The van der Waals surface area contributed by atoms with Crippen molar-refractivity contribution in [2.75, 3.05) is 43.5 Å². The van der Waals surface area contributed by atoms with E-state index in [0.29, 0.717) is 5.69 Å². The third-order valence-corrected chi connectivity index (χ3v) is 4.76. The van der Waals surface area contributed by atoms with Gasteiger partial charge in [0.15, 0.2) is 0 Å². The molecule has 5 nitrogen and oxygen atoms in total. The van der Waals surface area contributed by atoms with E-state index >= 15 is 0 Å². The van der Waals surface area contributed by atoms with Crippen molar-refractivity contribution in [3.05, 3.63) is 54.3 Å². The summed E-state index contributed by atoms with van der Waals surface area (Å²) in [7, 11) is 1.67. The molecule has 26 heavy (non-hydrogen) atoms. The lowest BCUT2D eigenvalue weighted by Gasteiger charge is -2.38. The average Bonchev–Trinajstić information content (AvgIpc) is 2.67. The van der Waals surface area contributed by atoms with Crippen LogP contribution in [0.3, 0.4) is 0 Å². The van der Waals surface area contributed by atoms with E-state index in [-0.39, 0.29) is 17.8 Å². The monoisotopic (exact) mass is 357 g/mol. The number of carbonyl (C=O) groups excluding carboxylic acids is 1. The predicted octanol–water partition coefficient (Wildman–Crippen LogP) is 2.98. The van der Waals surface area contributed by atoms with Gasteiger partial charge in [0.2, 0.25) is 5.91 Å². The number of hydrogen-bond donors (Lipinski definition) is 1. The Morgan fingerprint density at radius 3 is 2.54 bits per heavy atom. The number of benzene rings is 2. The molecule has 3 rings (SSSR count). The van der Waals surface area contributed by atoms with Crippen LogP contribution in [0, 0.1) is 5.82 Å². The number of carbonyl (C=O) groups is 1. The highest BCUT2D eigenvalue weighted by Crippen LogP contribution is 2.28. The van der Waals surface area contributed by atoms with Crippen LogP contribution in [0.5, 0.6) is 5.75 Å². The number of hydrogen-bond acceptors (Lipinski definition) is 4. The molecule has 0 aliphatic carbocycles. The van der Waals surface area contributed by atoms with Crippen LogP contribution in [0.1, 0.15) is 6.92 Å². The Morgan fingerprint density at radius 2 is 1.85 bits per heavy atom. The van der Waals surface area contributed by atoms with Crippen molar-refractivity contribution in [1.29, 1.82) is 0 Å². The summed E-state index contributed by atoms with van der Waals surface area (Å²) in [6.45, 7) is 5.06. The van der Waals surface area contributed by atoms with E-state index in [9.17, 15) is 9.18 Å². The van der Waals surface area contributed by atoms with Gasteiger partial charge in [-0.3, -0.25) is 9.69 Å². The van der Waals surface area contributed by atoms with Crippen molar-refractivity contribution in [3.8, 4) is 5.75 Å². The molecule has 1 atom stereocenters. The van der Waals surface area contributed by atoms with Crippen molar-refractivity contribution in [3.63, 3.8) is 0 Å². The van der Waals surface area contributed by atoms with Gasteiger partial charge in [0.25, 0.3) is 0 Å². The summed E-state index contributed by atoms with van der Waals surface area (Å²) in [5.41, 5.74) is 1.56. The summed E-state index contributed by atoms with van der Waals surface area (Å²) in [5.74, 6) is 0.375. The first-order valence-electron chi connectivity index (χ1n) is 8.77. The molecule has 2 aromatic carbocycles. The Bertz CT molecular complexity index is 760. The number of halogens is 1. The van der Waals surface area contributed by atoms with Crippen LogP contribution in [0.2, 0.25) is 0 Å². The third-order valence-electron chi connectivity index (χ3n) is 4.76. The molecule has 138 valence electrons. The maximum absolute atomic E-state index is 13.3. The quantitative estimate of drug-likeness (QED) is 0.894. The van der Waals surface area contributed by atoms with Crippen LogP contribution < -0.4 is 15.0 Å². The minimum atomic E-state index is -0.360. The van der Waals surface area contributed by atoms with Crippen molar-refractivity contribution < 1.29 is 13.9 Å². The highest BCUT2D eigenvalue weighted by molar-refractivity contribution is 5.94. The van der Waals surface area contributed by atoms with Gasteiger partial charge in [0.05, 0.1) is 18.8 Å². The standard InChI is InChI=1S/C20H24FN3O2/c1-15(20(25)22-17-7-5-6-16(21)14-17)23-10-12-24(13-11-23)18-8-3-4-9-19(18)26-2/h3-9,14-15H,10-13H2,1-2H3,(H,22,25)/t15-/m0/s1. The molecule has 0 unspecified atom stereocenters. The van der Waals surface area contributed by atoms with E-state index in [1.54, 1.807) is 19.2 Å². The number of methoxy groups -OCH3 is 1. The van der Waals surface area contributed by atoms with Gasteiger partial charge in [-0.2, -0.15) is 0 Å². The molecule has 2 aromatic rings.